The fourth-order valence-electron chi connectivity index (χ4n) is 4.61. The van der Waals surface area contributed by atoms with Crippen molar-refractivity contribution in [2.45, 2.75) is 44.4 Å². The molecule has 2 N–H and O–H groups in total. The number of amides is 1. The van der Waals surface area contributed by atoms with Gasteiger partial charge in [-0.05, 0) is 30.5 Å². The Labute approximate surface area is 195 Å². The predicted molar refractivity (Wildman–Crippen MR) is 123 cm³/mol. The molecular formula is C25H25F2N5O2. The Bertz CT molecular complexity index is 1350. The Kier molecular flexibility index (Phi) is 5.87. The van der Waals surface area contributed by atoms with Gasteiger partial charge in [-0.1, -0.05) is 18.9 Å². The summed E-state index contributed by atoms with van der Waals surface area (Å²) in [4.78, 5) is 17.5. The van der Waals surface area contributed by atoms with Gasteiger partial charge in [0.25, 0.3) is 5.91 Å². The van der Waals surface area contributed by atoms with Gasteiger partial charge in [0.1, 0.15) is 11.6 Å². The van der Waals surface area contributed by atoms with Gasteiger partial charge in [-0.15, -0.1) is 0 Å². The summed E-state index contributed by atoms with van der Waals surface area (Å²) in [5.74, 6) is -2.00. The van der Waals surface area contributed by atoms with Gasteiger partial charge in [0, 0.05) is 49.2 Å². The molecule has 2 atom stereocenters. The first-order valence-electron chi connectivity index (χ1n) is 11.3. The van der Waals surface area contributed by atoms with Crippen molar-refractivity contribution in [3.8, 4) is 11.3 Å². The zero-order valence-corrected chi connectivity index (χ0v) is 18.7. The lowest BCUT2D eigenvalue weighted by Gasteiger charge is -2.28. The highest BCUT2D eigenvalue weighted by Gasteiger charge is 2.27. The van der Waals surface area contributed by atoms with Gasteiger partial charge in [-0.3, -0.25) is 14.5 Å². The van der Waals surface area contributed by atoms with Crippen molar-refractivity contribution >= 4 is 16.8 Å². The lowest BCUT2D eigenvalue weighted by Crippen LogP contribution is -2.45. The molecule has 3 heterocycles. The number of benzene rings is 1. The minimum atomic E-state index is -0.798. The van der Waals surface area contributed by atoms with E-state index in [0.29, 0.717) is 12.8 Å². The molecule has 1 aromatic carbocycles. The molecule has 4 aromatic rings. The summed E-state index contributed by atoms with van der Waals surface area (Å²) in [7, 11) is 1.83. The summed E-state index contributed by atoms with van der Waals surface area (Å²) >= 11 is 0. The number of halogens is 2. The minimum Gasteiger partial charge on any atom is -0.391 e. The summed E-state index contributed by atoms with van der Waals surface area (Å²) < 4.78 is 32.2. The SMILES string of the molecule is Cn1cc(-c2ccc(Cn3cc(C(=O)N[C@@H]4CCCC[C@H]4O)c4c(F)cc(F)cc43)cn2)cn1. The average Bonchev–Trinajstić information content (AvgIpc) is 3.40. The van der Waals surface area contributed by atoms with Crippen LogP contribution in [0, 0.1) is 11.6 Å². The number of nitrogens with zero attached hydrogens (tertiary/aromatic N) is 4. The third kappa shape index (κ3) is 4.31. The van der Waals surface area contributed by atoms with Crippen molar-refractivity contribution in [3.05, 3.63) is 71.8 Å². The van der Waals surface area contributed by atoms with E-state index in [1.165, 1.54) is 12.3 Å². The number of aryl methyl sites for hydroxylation is 1. The second-order valence-electron chi connectivity index (χ2n) is 8.84. The quantitative estimate of drug-likeness (QED) is 0.470. The molecule has 34 heavy (non-hydrogen) atoms. The van der Waals surface area contributed by atoms with E-state index < -0.39 is 23.6 Å². The molecule has 0 radical (unpaired) electrons. The van der Waals surface area contributed by atoms with Crippen molar-refractivity contribution in [1.82, 2.24) is 24.6 Å². The average molecular weight is 466 g/mol. The molecule has 1 saturated carbocycles. The van der Waals surface area contributed by atoms with Crippen molar-refractivity contribution in [1.29, 1.82) is 0 Å². The van der Waals surface area contributed by atoms with E-state index in [2.05, 4.69) is 15.4 Å². The number of pyridine rings is 1. The van der Waals surface area contributed by atoms with Crippen molar-refractivity contribution in [2.75, 3.05) is 0 Å². The van der Waals surface area contributed by atoms with Crippen molar-refractivity contribution in [2.24, 2.45) is 7.05 Å². The highest BCUT2D eigenvalue weighted by atomic mass is 19.1. The van der Waals surface area contributed by atoms with Crippen LogP contribution in [0.5, 0.6) is 0 Å². The number of nitrogens with one attached hydrogen (secondary N) is 1. The van der Waals surface area contributed by atoms with Crippen LogP contribution >= 0.6 is 0 Å². The zero-order valence-electron chi connectivity index (χ0n) is 18.7. The normalized spacial score (nSPS) is 18.4. The molecule has 0 unspecified atom stereocenters. The number of aliphatic hydroxyl groups excluding tert-OH is 1. The third-order valence-electron chi connectivity index (χ3n) is 6.37. The highest BCUT2D eigenvalue weighted by Crippen LogP contribution is 2.28. The van der Waals surface area contributed by atoms with Crippen LogP contribution in [-0.2, 0) is 13.6 Å². The van der Waals surface area contributed by atoms with E-state index in [1.807, 2.05) is 25.4 Å². The van der Waals surface area contributed by atoms with E-state index in [1.54, 1.807) is 21.6 Å². The van der Waals surface area contributed by atoms with Gasteiger partial charge in [0.2, 0.25) is 0 Å². The molecule has 0 bridgehead atoms. The number of rotatable bonds is 5. The van der Waals surface area contributed by atoms with E-state index in [0.717, 1.165) is 35.7 Å². The molecule has 0 saturated heterocycles. The van der Waals surface area contributed by atoms with E-state index in [4.69, 9.17) is 0 Å². The van der Waals surface area contributed by atoms with Gasteiger partial charge in [0.05, 0.1) is 35.1 Å². The van der Waals surface area contributed by atoms with Gasteiger partial charge in [-0.2, -0.15) is 5.10 Å². The fourth-order valence-corrected chi connectivity index (χ4v) is 4.61. The number of hydrogen-bond donors (Lipinski definition) is 2. The highest BCUT2D eigenvalue weighted by molar-refractivity contribution is 6.07. The van der Waals surface area contributed by atoms with Crippen LogP contribution in [0.3, 0.4) is 0 Å². The summed E-state index contributed by atoms with van der Waals surface area (Å²) in [6.45, 7) is 0.277. The Morgan fingerprint density at radius 3 is 2.71 bits per heavy atom. The summed E-state index contributed by atoms with van der Waals surface area (Å²) in [6.07, 6.45) is 9.29. The van der Waals surface area contributed by atoms with Crippen LogP contribution in [0.15, 0.2) is 49.1 Å². The zero-order chi connectivity index (χ0) is 23.8. The maximum absolute atomic E-state index is 14.8. The lowest BCUT2D eigenvalue weighted by molar-refractivity contribution is 0.0718. The molecular weight excluding hydrogens is 440 g/mol. The summed E-state index contributed by atoms with van der Waals surface area (Å²) in [6, 6.07) is 5.37. The largest absolute Gasteiger partial charge is 0.391 e. The predicted octanol–water partition coefficient (Wildman–Crippen LogP) is 3.80. The molecule has 0 aliphatic heterocycles. The second kappa shape index (κ2) is 8.98. The molecule has 3 aromatic heterocycles. The minimum absolute atomic E-state index is 0.0594. The molecule has 7 nitrogen and oxygen atoms in total. The smallest absolute Gasteiger partial charge is 0.253 e. The molecule has 5 rings (SSSR count). The van der Waals surface area contributed by atoms with Gasteiger partial charge >= 0.3 is 0 Å². The molecule has 1 fully saturated rings. The lowest BCUT2D eigenvalue weighted by atomic mass is 9.92. The van der Waals surface area contributed by atoms with Crippen LogP contribution in [0.4, 0.5) is 8.78 Å². The maximum atomic E-state index is 14.8. The fraction of sp³-hybridized carbons (Fsp3) is 0.320. The first kappa shape index (κ1) is 22.2. The number of fused-ring (bicyclic) bond motifs is 1. The van der Waals surface area contributed by atoms with Crippen LogP contribution in [0.25, 0.3) is 22.2 Å². The van der Waals surface area contributed by atoms with Gasteiger partial charge in [0.15, 0.2) is 0 Å². The van der Waals surface area contributed by atoms with Gasteiger partial charge in [-0.25, -0.2) is 8.78 Å². The van der Waals surface area contributed by atoms with Crippen molar-refractivity contribution < 1.29 is 18.7 Å². The van der Waals surface area contributed by atoms with Crippen LogP contribution in [0.1, 0.15) is 41.6 Å². The first-order chi connectivity index (χ1) is 16.4. The van der Waals surface area contributed by atoms with Crippen LogP contribution < -0.4 is 5.32 Å². The Balaban J connectivity index is 1.46. The Morgan fingerprint density at radius 1 is 1.18 bits per heavy atom. The molecule has 1 aliphatic carbocycles. The number of carbonyl (C=O) groups is 1. The second-order valence-corrected chi connectivity index (χ2v) is 8.84. The number of aromatic nitrogens is 4. The summed E-state index contributed by atoms with van der Waals surface area (Å²) in [5, 5.41) is 17.3. The number of carbonyl (C=O) groups excluding carboxylic acids is 1. The van der Waals surface area contributed by atoms with E-state index >= 15 is 0 Å². The van der Waals surface area contributed by atoms with Crippen molar-refractivity contribution in [3.63, 3.8) is 0 Å². The first-order valence-corrected chi connectivity index (χ1v) is 11.3. The Hall–Kier alpha value is -3.59. The van der Waals surface area contributed by atoms with Crippen LogP contribution in [-0.4, -0.2) is 42.5 Å². The molecule has 9 heteroatoms. The summed E-state index contributed by atoms with van der Waals surface area (Å²) in [5.41, 5.74) is 2.85. The monoisotopic (exact) mass is 465 g/mol. The Morgan fingerprint density at radius 2 is 2.00 bits per heavy atom. The molecule has 0 spiro atoms. The van der Waals surface area contributed by atoms with Crippen LogP contribution in [0.2, 0.25) is 0 Å². The number of aliphatic hydroxyl groups is 1. The standard InChI is InChI=1S/C25H25F2N5O2/c1-31-13-16(11-29-31)20-7-6-15(10-28-20)12-32-14-18(24-19(27)8-17(26)9-22(24)32)25(34)30-21-4-2-3-5-23(21)33/h6-11,13-14,21,23,33H,2-5,12H2,1H3,(H,30,34)/t21-,23-/m1/s1. The van der Waals surface area contributed by atoms with E-state index in [9.17, 15) is 18.7 Å². The molecule has 1 amide bonds. The third-order valence-corrected chi connectivity index (χ3v) is 6.37. The molecule has 1 aliphatic rings. The number of hydrogen-bond acceptors (Lipinski definition) is 4. The van der Waals surface area contributed by atoms with Gasteiger partial charge < -0.3 is 15.0 Å². The topological polar surface area (TPSA) is 85.0 Å². The molecule has 176 valence electrons. The maximum Gasteiger partial charge on any atom is 0.253 e. The van der Waals surface area contributed by atoms with E-state index in [-0.39, 0.29) is 29.1 Å².